The fourth-order valence-electron chi connectivity index (χ4n) is 4.64. The largest absolute Gasteiger partial charge is 0.352 e. The molecule has 0 radical (unpaired) electrons. The zero-order chi connectivity index (χ0) is 26.3. The molecule has 0 unspecified atom stereocenters. The minimum atomic E-state index is -0.200. The van der Waals surface area contributed by atoms with Crippen LogP contribution in [-0.2, 0) is 0 Å². The van der Waals surface area contributed by atoms with E-state index in [4.69, 9.17) is 0 Å². The molecule has 0 saturated heterocycles. The number of anilines is 1. The van der Waals surface area contributed by atoms with E-state index in [0.717, 1.165) is 50.1 Å². The van der Waals surface area contributed by atoms with Gasteiger partial charge < -0.3 is 14.9 Å². The summed E-state index contributed by atoms with van der Waals surface area (Å²) in [5.74, 6) is -0.200. The second kappa shape index (κ2) is 9.03. The highest BCUT2D eigenvalue weighted by Gasteiger charge is 2.16. The molecule has 0 atom stereocenters. The molecule has 7 aromatic rings. The van der Waals surface area contributed by atoms with E-state index in [1.54, 1.807) is 43.2 Å². The van der Waals surface area contributed by atoms with Crippen LogP contribution >= 0.6 is 0 Å². The maximum Gasteiger partial charge on any atom is 0.255 e. The Balaban J connectivity index is 1.25. The van der Waals surface area contributed by atoms with Gasteiger partial charge in [0.15, 0.2) is 0 Å². The van der Waals surface area contributed by atoms with E-state index in [2.05, 4.69) is 46.5 Å². The van der Waals surface area contributed by atoms with E-state index in [1.165, 1.54) is 0 Å². The van der Waals surface area contributed by atoms with E-state index < -0.39 is 0 Å². The summed E-state index contributed by atoms with van der Waals surface area (Å²) < 4.78 is 1.96. The number of imidazole rings is 1. The molecule has 10 nitrogen and oxygen atoms in total. The van der Waals surface area contributed by atoms with Gasteiger partial charge in [0, 0.05) is 34.3 Å². The lowest BCUT2D eigenvalue weighted by molar-refractivity contribution is 0.102. The van der Waals surface area contributed by atoms with Crippen molar-refractivity contribution in [2.24, 2.45) is 0 Å². The molecule has 0 aliphatic carbocycles. The summed E-state index contributed by atoms with van der Waals surface area (Å²) in [6, 6.07) is 15.0. The molecule has 0 saturated carbocycles. The molecule has 6 aromatic heterocycles. The lowest BCUT2D eigenvalue weighted by Gasteiger charge is -2.07. The standard InChI is InChI=1S/C29H21N9O/c1-17-15-38(16-33-17)27-14-31-12-25-21(27)8-24(35-25)28-22-9-23(32-13-26(22)36-37-28)19-7-20(11-30-10-19)34-29(39)18-5-3-2-4-6-18/h2-16,35H,1H3,(H,34,39)(H,36,37). The molecular weight excluding hydrogens is 490 g/mol. The maximum absolute atomic E-state index is 12.6. The zero-order valence-electron chi connectivity index (χ0n) is 20.8. The predicted molar refractivity (Wildman–Crippen MR) is 148 cm³/mol. The molecule has 0 bridgehead atoms. The molecule has 0 aliphatic heterocycles. The van der Waals surface area contributed by atoms with Crippen molar-refractivity contribution in [2.75, 3.05) is 5.32 Å². The number of fused-ring (bicyclic) bond motifs is 2. The molecule has 1 amide bonds. The molecule has 6 heterocycles. The van der Waals surface area contributed by atoms with Crippen molar-refractivity contribution in [3.8, 4) is 28.3 Å². The Morgan fingerprint density at radius 3 is 2.62 bits per heavy atom. The maximum atomic E-state index is 12.6. The first kappa shape index (κ1) is 22.5. The topological polar surface area (TPSA) is 130 Å². The summed E-state index contributed by atoms with van der Waals surface area (Å²) in [6.45, 7) is 1.95. The van der Waals surface area contributed by atoms with Crippen LogP contribution in [-0.4, -0.2) is 45.6 Å². The van der Waals surface area contributed by atoms with Gasteiger partial charge in [-0.05, 0) is 37.3 Å². The Bertz CT molecular complexity index is 1980. The van der Waals surface area contributed by atoms with Crippen molar-refractivity contribution < 1.29 is 4.79 Å². The van der Waals surface area contributed by atoms with Crippen LogP contribution in [0.5, 0.6) is 0 Å². The van der Waals surface area contributed by atoms with Crippen molar-refractivity contribution in [1.29, 1.82) is 0 Å². The second-order valence-electron chi connectivity index (χ2n) is 9.19. The van der Waals surface area contributed by atoms with Crippen LogP contribution in [0.15, 0.2) is 92.0 Å². The highest BCUT2D eigenvalue weighted by Crippen LogP contribution is 2.32. The predicted octanol–water partition coefficient (Wildman–Crippen LogP) is 5.31. The summed E-state index contributed by atoms with van der Waals surface area (Å²) >= 11 is 0. The number of nitrogens with zero attached hydrogens (tertiary/aromatic N) is 6. The summed E-state index contributed by atoms with van der Waals surface area (Å²) in [4.78, 5) is 33.7. The molecule has 0 aliphatic rings. The van der Waals surface area contributed by atoms with Gasteiger partial charge in [-0.1, -0.05) is 18.2 Å². The number of hydrogen-bond acceptors (Lipinski definition) is 6. The molecular formula is C29H21N9O. The van der Waals surface area contributed by atoms with E-state index in [-0.39, 0.29) is 5.91 Å². The van der Waals surface area contributed by atoms with Crippen molar-refractivity contribution in [2.45, 2.75) is 6.92 Å². The lowest BCUT2D eigenvalue weighted by atomic mass is 10.1. The number of pyridine rings is 3. The van der Waals surface area contributed by atoms with Crippen molar-refractivity contribution in [3.05, 3.63) is 103 Å². The van der Waals surface area contributed by atoms with E-state index in [0.29, 0.717) is 16.9 Å². The van der Waals surface area contributed by atoms with Gasteiger partial charge in [-0.2, -0.15) is 5.10 Å². The summed E-state index contributed by atoms with van der Waals surface area (Å²) in [6.07, 6.45) is 12.5. The number of rotatable bonds is 5. The van der Waals surface area contributed by atoms with Gasteiger partial charge in [0.25, 0.3) is 5.91 Å². The number of hydrogen-bond donors (Lipinski definition) is 3. The van der Waals surface area contributed by atoms with E-state index in [1.807, 2.05) is 54.2 Å². The Labute approximate surface area is 221 Å². The fourth-order valence-corrected chi connectivity index (χ4v) is 4.64. The number of aromatic amines is 2. The van der Waals surface area contributed by atoms with Crippen LogP contribution in [0.4, 0.5) is 5.69 Å². The third kappa shape index (κ3) is 4.09. The minimum Gasteiger partial charge on any atom is -0.352 e. The van der Waals surface area contributed by atoms with E-state index in [9.17, 15) is 4.79 Å². The Hall–Kier alpha value is -5.64. The number of aromatic nitrogens is 8. The molecule has 7 rings (SSSR count). The van der Waals surface area contributed by atoms with Crippen LogP contribution in [0.2, 0.25) is 0 Å². The summed E-state index contributed by atoms with van der Waals surface area (Å²) in [5, 5.41) is 12.5. The number of aryl methyl sites for hydroxylation is 1. The highest BCUT2D eigenvalue weighted by atomic mass is 16.1. The number of benzene rings is 1. The van der Waals surface area contributed by atoms with Gasteiger partial charge in [-0.15, -0.1) is 0 Å². The zero-order valence-corrected chi connectivity index (χ0v) is 20.8. The van der Waals surface area contributed by atoms with Gasteiger partial charge in [0.05, 0.1) is 70.6 Å². The normalized spacial score (nSPS) is 11.3. The van der Waals surface area contributed by atoms with Gasteiger partial charge in [0.1, 0.15) is 5.69 Å². The molecule has 1 aromatic carbocycles. The van der Waals surface area contributed by atoms with Crippen LogP contribution in [0.3, 0.4) is 0 Å². The second-order valence-corrected chi connectivity index (χ2v) is 9.19. The van der Waals surface area contributed by atoms with Crippen molar-refractivity contribution >= 4 is 33.4 Å². The third-order valence-electron chi connectivity index (χ3n) is 6.54. The van der Waals surface area contributed by atoms with Gasteiger partial charge >= 0.3 is 0 Å². The smallest absolute Gasteiger partial charge is 0.255 e. The van der Waals surface area contributed by atoms with Crippen LogP contribution < -0.4 is 5.32 Å². The first-order valence-electron chi connectivity index (χ1n) is 12.3. The third-order valence-corrected chi connectivity index (χ3v) is 6.54. The molecule has 3 N–H and O–H groups in total. The van der Waals surface area contributed by atoms with Crippen molar-refractivity contribution in [3.63, 3.8) is 0 Å². The van der Waals surface area contributed by atoms with Crippen LogP contribution in [0, 0.1) is 6.92 Å². The number of H-pyrrole nitrogens is 2. The number of nitrogens with one attached hydrogen (secondary N) is 3. The minimum absolute atomic E-state index is 0.200. The molecule has 39 heavy (non-hydrogen) atoms. The molecule has 188 valence electrons. The quantitative estimate of drug-likeness (QED) is 0.287. The monoisotopic (exact) mass is 511 g/mol. The number of amides is 1. The number of carbonyl (C=O) groups is 1. The summed E-state index contributed by atoms with van der Waals surface area (Å²) in [7, 11) is 0. The SMILES string of the molecule is Cc1cn(-c2cncc3[nH]c(-c4n[nH]c5cnc(-c6cncc(NC(=O)c7ccccc7)c6)cc45)cc23)cn1. The highest BCUT2D eigenvalue weighted by molar-refractivity contribution is 6.04. The fraction of sp³-hybridized carbons (Fsp3) is 0.0345. The van der Waals surface area contributed by atoms with Crippen molar-refractivity contribution in [1.82, 2.24) is 39.7 Å². The Kier molecular flexibility index (Phi) is 5.22. The first-order chi connectivity index (χ1) is 19.1. The molecule has 0 fully saturated rings. The van der Waals surface area contributed by atoms with Gasteiger partial charge in [0.2, 0.25) is 0 Å². The molecule has 0 spiro atoms. The van der Waals surface area contributed by atoms with Gasteiger partial charge in [-0.3, -0.25) is 24.8 Å². The lowest BCUT2D eigenvalue weighted by Crippen LogP contribution is -2.11. The summed E-state index contributed by atoms with van der Waals surface area (Å²) in [5.41, 5.74) is 7.81. The molecule has 10 heteroatoms. The average molecular weight is 512 g/mol. The Morgan fingerprint density at radius 2 is 1.77 bits per heavy atom. The van der Waals surface area contributed by atoms with Crippen LogP contribution in [0.25, 0.3) is 50.1 Å². The average Bonchev–Trinajstić information content (AvgIpc) is 3.71. The first-order valence-corrected chi connectivity index (χ1v) is 12.3. The van der Waals surface area contributed by atoms with Crippen LogP contribution in [0.1, 0.15) is 16.1 Å². The van der Waals surface area contributed by atoms with E-state index >= 15 is 0 Å². The number of carbonyl (C=O) groups excluding carboxylic acids is 1. The Morgan fingerprint density at radius 1 is 0.897 bits per heavy atom. The van der Waals surface area contributed by atoms with Gasteiger partial charge in [-0.25, -0.2) is 4.98 Å².